The molecule has 3 N–H and O–H groups in total. The molecule has 0 saturated carbocycles. The molecule has 2 aromatic rings. The smallest absolute Gasteiger partial charge is 0.264 e. The summed E-state index contributed by atoms with van der Waals surface area (Å²) in [6, 6.07) is 12.3. The second kappa shape index (κ2) is 8.73. The number of benzene rings is 2. The quantitative estimate of drug-likeness (QED) is 0.473. The van der Waals surface area contributed by atoms with E-state index in [0.717, 1.165) is 15.4 Å². The minimum atomic E-state index is -4.08. The summed E-state index contributed by atoms with van der Waals surface area (Å²) < 4.78 is 33.0. The zero-order chi connectivity index (χ0) is 21.9. The fourth-order valence-electron chi connectivity index (χ4n) is 3.68. The van der Waals surface area contributed by atoms with Crippen molar-refractivity contribution in [2.45, 2.75) is 49.8 Å². The molecule has 0 spiro atoms. The van der Waals surface area contributed by atoms with Crippen molar-refractivity contribution in [2.75, 3.05) is 6.54 Å². The number of aryl methyl sites for hydroxylation is 1. The van der Waals surface area contributed by atoms with E-state index in [1.807, 2.05) is 31.2 Å². The maximum Gasteiger partial charge on any atom is 0.264 e. The van der Waals surface area contributed by atoms with E-state index >= 15 is 0 Å². The number of hydroxylamine groups is 1. The van der Waals surface area contributed by atoms with Gasteiger partial charge in [-0.15, -0.1) is 0 Å². The first-order valence-corrected chi connectivity index (χ1v) is 11.1. The molecule has 2 aromatic carbocycles. The van der Waals surface area contributed by atoms with Crippen molar-refractivity contribution in [1.82, 2.24) is 9.79 Å². The molecule has 3 rings (SSSR count). The second-order valence-corrected chi connectivity index (χ2v) is 9.53. The van der Waals surface area contributed by atoms with Crippen LogP contribution in [-0.4, -0.2) is 47.1 Å². The molecule has 1 aliphatic heterocycles. The fourth-order valence-corrected chi connectivity index (χ4v) is 5.40. The van der Waals surface area contributed by atoms with Gasteiger partial charge in [-0.25, -0.2) is 13.9 Å². The lowest BCUT2D eigenvalue weighted by atomic mass is 9.87. The zero-order valence-electron chi connectivity index (χ0n) is 16.9. The normalized spacial score (nSPS) is 22.5. The van der Waals surface area contributed by atoms with Crippen LogP contribution in [0.3, 0.4) is 0 Å². The Hall–Kier alpha value is -2.46. The van der Waals surface area contributed by atoms with Gasteiger partial charge in [0.05, 0.1) is 10.5 Å². The van der Waals surface area contributed by atoms with Crippen LogP contribution in [0.4, 0.5) is 0 Å². The van der Waals surface area contributed by atoms with Gasteiger partial charge in [0, 0.05) is 6.54 Å². The van der Waals surface area contributed by atoms with Gasteiger partial charge in [-0.3, -0.25) is 10.0 Å². The third kappa shape index (κ3) is 4.49. The van der Waals surface area contributed by atoms with Crippen molar-refractivity contribution in [2.24, 2.45) is 0 Å². The molecule has 0 bridgehead atoms. The van der Waals surface area contributed by atoms with E-state index in [9.17, 15) is 18.3 Å². The molecule has 1 saturated heterocycles. The Morgan fingerprint density at radius 1 is 1.23 bits per heavy atom. The summed E-state index contributed by atoms with van der Waals surface area (Å²) in [5.74, 6) is -0.464. The summed E-state index contributed by atoms with van der Waals surface area (Å²) in [5.41, 5.74) is 1.99. The number of hydrogen-bond acceptors (Lipinski definition) is 6. The molecule has 30 heavy (non-hydrogen) atoms. The van der Waals surface area contributed by atoms with Gasteiger partial charge in [0.15, 0.2) is 0 Å². The van der Waals surface area contributed by atoms with Crippen molar-refractivity contribution in [3.05, 3.63) is 59.7 Å². The molecule has 162 valence electrons. The van der Waals surface area contributed by atoms with Crippen molar-refractivity contribution in [1.29, 1.82) is 0 Å². The van der Waals surface area contributed by atoms with Crippen molar-refractivity contribution >= 4 is 15.9 Å². The topological polar surface area (TPSA) is 116 Å². The van der Waals surface area contributed by atoms with Crippen LogP contribution < -0.4 is 10.2 Å². The lowest BCUT2D eigenvalue weighted by Crippen LogP contribution is -2.62. The third-order valence-electron chi connectivity index (χ3n) is 5.38. The van der Waals surface area contributed by atoms with Crippen LogP contribution in [0.1, 0.15) is 30.9 Å². The molecule has 1 aliphatic rings. The van der Waals surface area contributed by atoms with Crippen molar-refractivity contribution < 1.29 is 28.3 Å². The maximum absolute atomic E-state index is 13.2. The zero-order valence-corrected chi connectivity index (χ0v) is 17.7. The number of carbonyl (C=O) groups is 1. The molecule has 0 aliphatic carbocycles. The number of piperidine rings is 1. The van der Waals surface area contributed by atoms with Crippen LogP contribution in [0, 0.1) is 6.92 Å². The van der Waals surface area contributed by atoms with Crippen molar-refractivity contribution in [3.63, 3.8) is 0 Å². The molecule has 8 nitrogen and oxygen atoms in total. The SMILES string of the molecule is Cc1ccccc1COc1ccc(S(=O)(=O)N2CCC[C@](C)(O)[C@@H]2C(=O)NO)cc1. The van der Waals surface area contributed by atoms with Gasteiger partial charge >= 0.3 is 0 Å². The predicted octanol–water partition coefficient (Wildman–Crippen LogP) is 1.98. The highest BCUT2D eigenvalue weighted by Gasteiger charge is 2.49. The molecule has 0 unspecified atom stereocenters. The number of hydrogen-bond donors (Lipinski definition) is 3. The summed E-state index contributed by atoms with van der Waals surface area (Å²) in [5, 5.41) is 19.6. The molecular weight excluding hydrogens is 408 g/mol. The van der Waals surface area contributed by atoms with Crippen LogP contribution in [0.15, 0.2) is 53.4 Å². The number of aliphatic hydroxyl groups is 1. The Labute approximate surface area is 176 Å². The Bertz CT molecular complexity index is 1000. The first-order valence-electron chi connectivity index (χ1n) is 9.62. The van der Waals surface area contributed by atoms with E-state index in [4.69, 9.17) is 9.94 Å². The number of ether oxygens (including phenoxy) is 1. The number of amides is 1. The van der Waals surface area contributed by atoms with E-state index in [1.54, 1.807) is 12.1 Å². The lowest BCUT2D eigenvalue weighted by Gasteiger charge is -2.42. The minimum Gasteiger partial charge on any atom is -0.489 e. The highest BCUT2D eigenvalue weighted by Crippen LogP contribution is 2.32. The molecular formula is C21H26N2O6S. The first-order chi connectivity index (χ1) is 14.2. The first kappa shape index (κ1) is 22.2. The van der Waals surface area contributed by atoms with Gasteiger partial charge in [0.25, 0.3) is 5.91 Å². The number of rotatable bonds is 6. The molecule has 1 amide bonds. The van der Waals surface area contributed by atoms with Crippen molar-refractivity contribution in [3.8, 4) is 5.75 Å². The highest BCUT2D eigenvalue weighted by atomic mass is 32.2. The van der Waals surface area contributed by atoms with Gasteiger partial charge in [0.2, 0.25) is 10.0 Å². The number of nitrogens with one attached hydrogen (secondary N) is 1. The fraction of sp³-hybridized carbons (Fsp3) is 0.381. The summed E-state index contributed by atoms with van der Waals surface area (Å²) in [4.78, 5) is 12.1. The predicted molar refractivity (Wildman–Crippen MR) is 109 cm³/mol. The van der Waals surface area contributed by atoms with E-state index < -0.39 is 27.6 Å². The Morgan fingerprint density at radius 3 is 2.53 bits per heavy atom. The van der Waals surface area contributed by atoms with Crippen LogP contribution in [0.5, 0.6) is 5.75 Å². The van der Waals surface area contributed by atoms with Gasteiger partial charge < -0.3 is 9.84 Å². The summed E-state index contributed by atoms with van der Waals surface area (Å²) in [6.07, 6.45) is 0.627. The number of carbonyl (C=O) groups excluding carboxylic acids is 1. The summed E-state index contributed by atoms with van der Waals surface area (Å²) in [7, 11) is -4.08. The molecule has 2 atom stereocenters. The minimum absolute atomic E-state index is 0.0285. The molecule has 1 heterocycles. The molecule has 0 aromatic heterocycles. The number of sulfonamides is 1. The molecule has 0 radical (unpaired) electrons. The average molecular weight is 435 g/mol. The van der Waals surface area contributed by atoms with Crippen LogP contribution in [0.25, 0.3) is 0 Å². The van der Waals surface area contributed by atoms with Gasteiger partial charge in [-0.2, -0.15) is 4.31 Å². The van der Waals surface area contributed by atoms with Gasteiger partial charge in [0.1, 0.15) is 18.4 Å². The lowest BCUT2D eigenvalue weighted by molar-refractivity contribution is -0.144. The maximum atomic E-state index is 13.2. The van der Waals surface area contributed by atoms with Crippen LogP contribution in [-0.2, 0) is 21.4 Å². The van der Waals surface area contributed by atoms with E-state index in [1.165, 1.54) is 24.5 Å². The third-order valence-corrected chi connectivity index (χ3v) is 7.26. The Kier molecular flexibility index (Phi) is 6.47. The monoisotopic (exact) mass is 434 g/mol. The largest absolute Gasteiger partial charge is 0.489 e. The van der Waals surface area contributed by atoms with Crippen LogP contribution >= 0.6 is 0 Å². The Morgan fingerprint density at radius 2 is 1.90 bits per heavy atom. The number of nitrogens with zero attached hydrogens (tertiary/aromatic N) is 1. The Balaban J connectivity index is 1.80. The van der Waals surface area contributed by atoms with E-state index in [-0.39, 0.29) is 17.9 Å². The summed E-state index contributed by atoms with van der Waals surface area (Å²) >= 11 is 0. The van der Waals surface area contributed by atoms with E-state index in [2.05, 4.69) is 0 Å². The standard InChI is InChI=1S/C21H26N2O6S/c1-15-6-3-4-7-16(15)14-29-17-8-10-18(11-9-17)30(27,28)23-13-5-12-21(2,25)19(23)20(24)22-26/h3-4,6-11,19,25-26H,5,12-14H2,1-2H3,(H,22,24)/t19-,21-/m0/s1. The van der Waals surface area contributed by atoms with Crippen LogP contribution in [0.2, 0.25) is 0 Å². The van der Waals surface area contributed by atoms with E-state index in [0.29, 0.717) is 18.8 Å². The molecule has 1 fully saturated rings. The average Bonchev–Trinajstić information content (AvgIpc) is 2.72. The molecule has 9 heteroatoms. The summed E-state index contributed by atoms with van der Waals surface area (Å²) in [6.45, 7) is 3.78. The van der Waals surface area contributed by atoms with Gasteiger partial charge in [-0.05, 0) is 62.1 Å². The second-order valence-electron chi connectivity index (χ2n) is 7.64. The van der Waals surface area contributed by atoms with Gasteiger partial charge in [-0.1, -0.05) is 24.3 Å². The highest BCUT2D eigenvalue weighted by molar-refractivity contribution is 7.89.